The van der Waals surface area contributed by atoms with Crippen molar-refractivity contribution in [3.05, 3.63) is 70.9 Å². The second kappa shape index (κ2) is 7.21. The van der Waals surface area contributed by atoms with Crippen LogP contribution in [0.3, 0.4) is 0 Å². The van der Waals surface area contributed by atoms with Crippen molar-refractivity contribution in [2.45, 2.75) is 25.2 Å². The summed E-state index contributed by atoms with van der Waals surface area (Å²) in [5.41, 5.74) is -1.28. The molecule has 0 spiro atoms. The summed E-state index contributed by atoms with van der Waals surface area (Å²) in [7, 11) is 0. The van der Waals surface area contributed by atoms with Gasteiger partial charge in [-0.1, -0.05) is 18.2 Å². The second-order valence-corrected chi connectivity index (χ2v) is 7.74. The highest BCUT2D eigenvalue weighted by molar-refractivity contribution is 7.13. The maximum atomic E-state index is 13.1. The summed E-state index contributed by atoms with van der Waals surface area (Å²) in [6, 6.07) is 9.10. The monoisotopic (exact) mass is 432 g/mol. The smallest absolute Gasteiger partial charge is 0.319 e. The maximum Gasteiger partial charge on any atom is 0.416 e. The number of hydrogen-bond acceptors (Lipinski definition) is 5. The van der Waals surface area contributed by atoms with Crippen LogP contribution >= 0.6 is 11.3 Å². The molecule has 10 heteroatoms. The van der Waals surface area contributed by atoms with Gasteiger partial charge in [0.05, 0.1) is 23.5 Å². The molecule has 4 rings (SSSR count). The van der Waals surface area contributed by atoms with Gasteiger partial charge in [-0.2, -0.15) is 13.2 Å². The third kappa shape index (κ3) is 3.54. The molecule has 6 nitrogen and oxygen atoms in total. The van der Waals surface area contributed by atoms with Crippen LogP contribution in [0, 0.1) is 0 Å². The Morgan fingerprint density at radius 2 is 1.97 bits per heavy atom. The van der Waals surface area contributed by atoms with E-state index in [0.717, 1.165) is 17.0 Å². The zero-order chi connectivity index (χ0) is 21.5. The second-order valence-electron chi connectivity index (χ2n) is 6.88. The molecular weight excluding hydrogens is 417 g/mol. The van der Waals surface area contributed by atoms with E-state index in [1.807, 2.05) is 6.07 Å². The Morgan fingerprint density at radius 3 is 2.67 bits per heavy atom. The molecule has 1 N–H and O–H groups in total. The molecule has 0 saturated carbocycles. The third-order valence-corrected chi connectivity index (χ3v) is 5.71. The molecule has 3 heterocycles. The van der Waals surface area contributed by atoms with Crippen LogP contribution in [-0.4, -0.2) is 26.8 Å². The van der Waals surface area contributed by atoms with Crippen molar-refractivity contribution in [2.24, 2.45) is 0 Å². The first-order valence-corrected chi connectivity index (χ1v) is 9.74. The van der Waals surface area contributed by atoms with E-state index in [4.69, 9.17) is 0 Å². The Bertz CT molecular complexity index is 1120. The van der Waals surface area contributed by atoms with Crippen LogP contribution in [0.5, 0.6) is 0 Å². The van der Waals surface area contributed by atoms with Crippen LogP contribution in [0.1, 0.15) is 23.7 Å². The van der Waals surface area contributed by atoms with E-state index in [9.17, 15) is 22.8 Å². The lowest BCUT2D eigenvalue weighted by Gasteiger charge is -2.23. The molecule has 0 radical (unpaired) electrons. The minimum absolute atomic E-state index is 0.0608. The number of aromatic nitrogens is 2. The molecule has 0 bridgehead atoms. The van der Waals surface area contributed by atoms with Gasteiger partial charge in [0.1, 0.15) is 10.5 Å². The van der Waals surface area contributed by atoms with Crippen molar-refractivity contribution in [3.63, 3.8) is 0 Å². The first-order chi connectivity index (χ1) is 14.2. The molecule has 1 fully saturated rings. The van der Waals surface area contributed by atoms with Crippen LogP contribution in [0.4, 0.5) is 18.0 Å². The maximum absolute atomic E-state index is 13.1. The zero-order valence-electron chi connectivity index (χ0n) is 15.6. The molecule has 3 amide bonds. The Hall–Kier alpha value is -3.27. The van der Waals surface area contributed by atoms with Crippen molar-refractivity contribution in [2.75, 3.05) is 0 Å². The predicted molar refractivity (Wildman–Crippen MR) is 103 cm³/mol. The van der Waals surface area contributed by atoms with Crippen molar-refractivity contribution < 1.29 is 22.8 Å². The van der Waals surface area contributed by atoms with Crippen LogP contribution in [0.25, 0.3) is 10.7 Å². The van der Waals surface area contributed by atoms with E-state index in [2.05, 4.69) is 15.3 Å². The average molecular weight is 432 g/mol. The van der Waals surface area contributed by atoms with Crippen molar-refractivity contribution in [1.29, 1.82) is 0 Å². The average Bonchev–Trinajstić information content (AvgIpc) is 3.28. The number of imide groups is 1. The third-order valence-electron chi connectivity index (χ3n) is 4.80. The lowest BCUT2D eigenvalue weighted by atomic mass is 9.90. The zero-order valence-corrected chi connectivity index (χ0v) is 16.4. The number of nitrogens with one attached hydrogen (secondary N) is 1. The first kappa shape index (κ1) is 20.0. The van der Waals surface area contributed by atoms with Gasteiger partial charge in [-0.25, -0.2) is 9.78 Å². The summed E-state index contributed by atoms with van der Waals surface area (Å²) in [4.78, 5) is 35.1. The van der Waals surface area contributed by atoms with Gasteiger partial charge in [0, 0.05) is 11.6 Å². The fourth-order valence-corrected chi connectivity index (χ4v) is 3.98. The number of halogens is 3. The van der Waals surface area contributed by atoms with Crippen LogP contribution in [-0.2, 0) is 23.1 Å². The van der Waals surface area contributed by atoms with E-state index in [0.29, 0.717) is 16.4 Å². The predicted octanol–water partition coefficient (Wildman–Crippen LogP) is 4.19. The van der Waals surface area contributed by atoms with Crippen molar-refractivity contribution >= 4 is 23.3 Å². The summed E-state index contributed by atoms with van der Waals surface area (Å²) in [6.45, 7) is 1.30. The minimum Gasteiger partial charge on any atom is -0.319 e. The summed E-state index contributed by atoms with van der Waals surface area (Å²) in [6.07, 6.45) is -2.92. The number of alkyl halides is 3. The van der Waals surface area contributed by atoms with E-state index in [1.54, 1.807) is 23.7 Å². The summed E-state index contributed by atoms with van der Waals surface area (Å²) in [5, 5.41) is 4.87. The highest BCUT2D eigenvalue weighted by Crippen LogP contribution is 2.35. The topological polar surface area (TPSA) is 75.2 Å². The number of carbonyl (C=O) groups is 2. The van der Waals surface area contributed by atoms with Gasteiger partial charge in [-0.3, -0.25) is 14.7 Å². The van der Waals surface area contributed by atoms with Gasteiger partial charge in [0.15, 0.2) is 0 Å². The van der Waals surface area contributed by atoms with Crippen molar-refractivity contribution in [3.8, 4) is 10.7 Å². The van der Waals surface area contributed by atoms with Gasteiger partial charge in [-0.15, -0.1) is 11.3 Å². The molecule has 1 saturated heterocycles. The summed E-state index contributed by atoms with van der Waals surface area (Å²) in [5.74, 6) is -0.640. The number of rotatable bonds is 4. The molecule has 154 valence electrons. The fraction of sp³-hybridized carbons (Fsp3) is 0.200. The number of pyridine rings is 1. The lowest BCUT2D eigenvalue weighted by Crippen LogP contribution is -2.41. The molecule has 2 aromatic heterocycles. The Morgan fingerprint density at radius 1 is 1.17 bits per heavy atom. The fourth-order valence-electron chi connectivity index (χ4n) is 3.19. The van der Waals surface area contributed by atoms with Gasteiger partial charge < -0.3 is 5.32 Å². The molecular formula is C20H15F3N4O2S. The first-order valence-electron chi connectivity index (χ1n) is 8.86. The molecule has 30 heavy (non-hydrogen) atoms. The number of urea groups is 1. The van der Waals surface area contributed by atoms with Crippen LogP contribution < -0.4 is 5.32 Å². The van der Waals surface area contributed by atoms with Gasteiger partial charge in [0.25, 0.3) is 5.91 Å². The van der Waals surface area contributed by atoms with E-state index < -0.39 is 29.2 Å². The van der Waals surface area contributed by atoms with Crippen molar-refractivity contribution in [1.82, 2.24) is 20.2 Å². The molecule has 0 aliphatic carbocycles. The molecule has 3 aromatic rings. The Kier molecular flexibility index (Phi) is 4.81. The SMILES string of the molecule is CC1(c2cccc(C(F)(F)F)c2)NC(=O)N(Cc2csc(-c3ccccn3)n2)C1=O. The number of nitrogens with zero attached hydrogens (tertiary/aromatic N) is 3. The lowest BCUT2D eigenvalue weighted by molar-refractivity contribution is -0.138. The van der Waals surface area contributed by atoms with E-state index in [-0.39, 0.29) is 12.1 Å². The highest BCUT2D eigenvalue weighted by atomic mass is 32.1. The molecule has 1 unspecified atom stereocenters. The Balaban J connectivity index is 1.58. The number of amides is 3. The normalized spacial score (nSPS) is 19.3. The van der Waals surface area contributed by atoms with Gasteiger partial charge >= 0.3 is 12.2 Å². The highest BCUT2D eigenvalue weighted by Gasteiger charge is 2.49. The number of hydrogen-bond donors (Lipinski definition) is 1. The largest absolute Gasteiger partial charge is 0.416 e. The number of carbonyl (C=O) groups excluding carboxylic acids is 2. The molecule has 1 aliphatic rings. The van der Waals surface area contributed by atoms with E-state index in [1.165, 1.54) is 30.4 Å². The molecule has 1 aromatic carbocycles. The molecule has 1 aliphatic heterocycles. The Labute approximate surface area is 173 Å². The van der Waals surface area contributed by atoms with Crippen LogP contribution in [0.15, 0.2) is 54.0 Å². The standard InChI is InChI=1S/C20H15F3N4O2S/c1-19(12-5-4-6-13(9-12)20(21,22)23)17(28)27(18(29)26-19)10-14-11-30-16(25-14)15-7-2-3-8-24-15/h2-9,11H,10H2,1H3,(H,26,29). The minimum atomic E-state index is -4.56. The van der Waals surface area contributed by atoms with Crippen LogP contribution in [0.2, 0.25) is 0 Å². The van der Waals surface area contributed by atoms with Gasteiger partial charge in [-0.05, 0) is 36.8 Å². The quantitative estimate of drug-likeness (QED) is 0.628. The molecule has 1 atom stereocenters. The summed E-state index contributed by atoms with van der Waals surface area (Å²) < 4.78 is 39.2. The van der Waals surface area contributed by atoms with Gasteiger partial charge in [0.2, 0.25) is 0 Å². The summed E-state index contributed by atoms with van der Waals surface area (Å²) >= 11 is 1.32. The number of benzene rings is 1. The van der Waals surface area contributed by atoms with E-state index >= 15 is 0 Å². The number of thiazole rings is 1.